The average Bonchev–Trinajstić information content (AvgIpc) is 3.19. The van der Waals surface area contributed by atoms with E-state index in [0.717, 1.165) is 50.8 Å². The van der Waals surface area contributed by atoms with E-state index in [-0.39, 0.29) is 0 Å². The summed E-state index contributed by atoms with van der Waals surface area (Å²) in [6, 6.07) is 5.94. The monoisotopic (exact) mass is 400 g/mol. The summed E-state index contributed by atoms with van der Waals surface area (Å²) in [5, 5.41) is 10.3. The highest BCUT2D eigenvalue weighted by molar-refractivity contribution is 7.09. The summed E-state index contributed by atoms with van der Waals surface area (Å²) >= 11 is 1.79. The minimum atomic E-state index is 0.599. The van der Waals surface area contributed by atoms with Gasteiger partial charge in [0.1, 0.15) is 0 Å². The normalized spacial score (nSPS) is 16.3. The standard InChI is InChI=1S/C21H32N6S/c1-3-20-26-19(16-28-20)15-27-11-8-17(9-12-27)13-24-21(22-4-2)25-14-18-7-5-6-10-23-18/h5-7,10,16-17H,3-4,8-9,11-15H2,1-2H3,(H2,22,24,25). The van der Waals surface area contributed by atoms with Crippen LogP contribution in [0.15, 0.2) is 34.8 Å². The Hall–Kier alpha value is -1.99. The predicted octanol–water partition coefficient (Wildman–Crippen LogP) is 3.07. The van der Waals surface area contributed by atoms with E-state index in [4.69, 9.17) is 4.98 Å². The average molecular weight is 401 g/mol. The molecule has 2 N–H and O–H groups in total. The molecule has 7 heteroatoms. The summed E-state index contributed by atoms with van der Waals surface area (Å²) in [6.07, 6.45) is 5.29. The van der Waals surface area contributed by atoms with Gasteiger partial charge in [-0.3, -0.25) is 9.88 Å². The number of rotatable bonds is 8. The molecule has 1 aliphatic heterocycles. The molecule has 2 aromatic heterocycles. The van der Waals surface area contributed by atoms with Gasteiger partial charge in [-0.15, -0.1) is 11.3 Å². The van der Waals surface area contributed by atoms with Crippen LogP contribution < -0.4 is 10.6 Å². The van der Waals surface area contributed by atoms with Crippen molar-refractivity contribution >= 4 is 17.3 Å². The highest BCUT2D eigenvalue weighted by atomic mass is 32.1. The first-order chi connectivity index (χ1) is 13.8. The lowest BCUT2D eigenvalue weighted by Gasteiger charge is -2.31. The van der Waals surface area contributed by atoms with Crippen LogP contribution in [-0.2, 0) is 19.5 Å². The molecule has 0 aromatic carbocycles. The summed E-state index contributed by atoms with van der Waals surface area (Å²) in [6.45, 7) is 9.98. The lowest BCUT2D eigenvalue weighted by molar-refractivity contribution is 0.176. The molecule has 3 heterocycles. The summed E-state index contributed by atoms with van der Waals surface area (Å²) in [4.78, 5) is 16.2. The number of hydrogen-bond donors (Lipinski definition) is 2. The van der Waals surface area contributed by atoms with Crippen molar-refractivity contribution in [1.82, 2.24) is 25.5 Å². The van der Waals surface area contributed by atoms with Gasteiger partial charge in [0.25, 0.3) is 0 Å². The van der Waals surface area contributed by atoms with Gasteiger partial charge in [-0.1, -0.05) is 13.0 Å². The van der Waals surface area contributed by atoms with E-state index < -0.39 is 0 Å². The molecule has 1 fully saturated rings. The molecular formula is C21H32N6S. The largest absolute Gasteiger partial charge is 0.357 e. The van der Waals surface area contributed by atoms with Crippen molar-refractivity contribution in [3.63, 3.8) is 0 Å². The van der Waals surface area contributed by atoms with E-state index in [1.54, 1.807) is 11.3 Å². The summed E-state index contributed by atoms with van der Waals surface area (Å²) in [5.41, 5.74) is 2.22. The van der Waals surface area contributed by atoms with E-state index in [0.29, 0.717) is 12.5 Å². The molecule has 0 amide bonds. The maximum Gasteiger partial charge on any atom is 0.191 e. The Labute approximate surface area is 172 Å². The first-order valence-corrected chi connectivity index (χ1v) is 11.2. The van der Waals surface area contributed by atoms with E-state index in [1.165, 1.54) is 23.5 Å². The smallest absolute Gasteiger partial charge is 0.191 e. The molecule has 2 aromatic rings. The number of hydrogen-bond acceptors (Lipinski definition) is 5. The van der Waals surface area contributed by atoms with Gasteiger partial charge in [0.05, 0.1) is 22.9 Å². The van der Waals surface area contributed by atoms with Crippen molar-refractivity contribution in [3.8, 4) is 0 Å². The molecule has 152 valence electrons. The molecule has 0 saturated carbocycles. The van der Waals surface area contributed by atoms with Gasteiger partial charge in [-0.05, 0) is 57.3 Å². The number of guanidine groups is 1. The molecule has 6 nitrogen and oxygen atoms in total. The maximum atomic E-state index is 4.70. The lowest BCUT2D eigenvalue weighted by Crippen LogP contribution is -2.42. The van der Waals surface area contributed by atoms with Crippen LogP contribution in [0.2, 0.25) is 0 Å². The highest BCUT2D eigenvalue weighted by Gasteiger charge is 2.20. The molecule has 1 saturated heterocycles. The quantitative estimate of drug-likeness (QED) is 0.527. The van der Waals surface area contributed by atoms with Gasteiger partial charge >= 0.3 is 0 Å². The molecule has 0 radical (unpaired) electrons. The predicted molar refractivity (Wildman–Crippen MR) is 117 cm³/mol. The molecule has 1 aliphatic rings. The maximum absolute atomic E-state index is 4.70. The molecule has 0 unspecified atom stereocenters. The second-order valence-corrected chi connectivity index (χ2v) is 8.15. The van der Waals surface area contributed by atoms with E-state index in [1.807, 2.05) is 24.4 Å². The number of aliphatic imine (C=N–C) groups is 1. The van der Waals surface area contributed by atoms with Crippen molar-refractivity contribution in [2.45, 2.75) is 46.2 Å². The zero-order valence-corrected chi connectivity index (χ0v) is 17.8. The van der Waals surface area contributed by atoms with E-state index in [2.05, 4.69) is 44.7 Å². The van der Waals surface area contributed by atoms with Crippen LogP contribution >= 0.6 is 11.3 Å². The molecule has 0 aliphatic carbocycles. The summed E-state index contributed by atoms with van der Waals surface area (Å²) < 4.78 is 0. The Bertz CT molecular complexity index is 722. The van der Waals surface area contributed by atoms with Crippen molar-refractivity contribution in [2.24, 2.45) is 10.9 Å². The van der Waals surface area contributed by atoms with Crippen molar-refractivity contribution < 1.29 is 0 Å². The number of aromatic nitrogens is 2. The minimum absolute atomic E-state index is 0.599. The molecule has 3 rings (SSSR count). The molecule has 0 spiro atoms. The Balaban J connectivity index is 1.41. The fourth-order valence-electron chi connectivity index (χ4n) is 3.40. The number of thiazole rings is 1. The van der Waals surface area contributed by atoms with Gasteiger partial charge in [-0.2, -0.15) is 0 Å². The number of pyridine rings is 1. The molecule has 28 heavy (non-hydrogen) atoms. The lowest BCUT2D eigenvalue weighted by atomic mass is 9.97. The van der Waals surface area contributed by atoms with Gasteiger partial charge in [-0.25, -0.2) is 9.98 Å². The topological polar surface area (TPSA) is 65.4 Å². The van der Waals surface area contributed by atoms with Gasteiger partial charge < -0.3 is 10.6 Å². The zero-order valence-electron chi connectivity index (χ0n) is 17.0. The number of piperidine rings is 1. The Kier molecular flexibility index (Phi) is 8.23. The Morgan fingerprint density at radius 3 is 2.75 bits per heavy atom. The van der Waals surface area contributed by atoms with E-state index in [9.17, 15) is 0 Å². The Morgan fingerprint density at radius 2 is 2.07 bits per heavy atom. The zero-order chi connectivity index (χ0) is 19.6. The number of aryl methyl sites for hydroxylation is 1. The summed E-state index contributed by atoms with van der Waals surface area (Å²) in [7, 11) is 0. The first kappa shape index (κ1) is 20.7. The fraction of sp³-hybridized carbons (Fsp3) is 0.571. The minimum Gasteiger partial charge on any atom is -0.357 e. The van der Waals surface area contributed by atoms with E-state index >= 15 is 0 Å². The van der Waals surface area contributed by atoms with Gasteiger partial charge in [0.15, 0.2) is 5.96 Å². The third-order valence-corrected chi connectivity index (χ3v) is 6.06. The number of nitrogens with zero attached hydrogens (tertiary/aromatic N) is 4. The highest BCUT2D eigenvalue weighted by Crippen LogP contribution is 2.19. The van der Waals surface area contributed by atoms with Crippen molar-refractivity contribution in [1.29, 1.82) is 0 Å². The fourth-order valence-corrected chi connectivity index (χ4v) is 4.13. The van der Waals surface area contributed by atoms with Crippen molar-refractivity contribution in [2.75, 3.05) is 26.2 Å². The second-order valence-electron chi connectivity index (χ2n) is 7.20. The molecule has 0 atom stereocenters. The van der Waals surface area contributed by atoms with Crippen LogP contribution in [0.5, 0.6) is 0 Å². The third-order valence-electron chi connectivity index (χ3n) is 5.02. The number of nitrogens with one attached hydrogen (secondary N) is 2. The SMILES string of the molecule is CCNC(=NCc1ccccn1)NCC1CCN(Cc2csc(CC)n2)CC1. The van der Waals surface area contributed by atoms with Crippen LogP contribution in [0.3, 0.4) is 0 Å². The van der Waals surface area contributed by atoms with Gasteiger partial charge in [0, 0.05) is 31.2 Å². The van der Waals surface area contributed by atoms with Crippen LogP contribution in [0.1, 0.15) is 43.1 Å². The van der Waals surface area contributed by atoms with Gasteiger partial charge in [0.2, 0.25) is 0 Å². The molecular weight excluding hydrogens is 368 g/mol. The van der Waals surface area contributed by atoms with Crippen LogP contribution in [0, 0.1) is 5.92 Å². The number of likely N-dealkylation sites (tertiary alicyclic amines) is 1. The Morgan fingerprint density at radius 1 is 1.21 bits per heavy atom. The van der Waals surface area contributed by atoms with Crippen LogP contribution in [0.25, 0.3) is 0 Å². The van der Waals surface area contributed by atoms with Crippen molar-refractivity contribution in [3.05, 3.63) is 46.2 Å². The van der Waals surface area contributed by atoms with Crippen LogP contribution in [-0.4, -0.2) is 47.0 Å². The first-order valence-electron chi connectivity index (χ1n) is 10.3. The summed E-state index contributed by atoms with van der Waals surface area (Å²) in [5.74, 6) is 1.57. The molecule has 0 bridgehead atoms. The third kappa shape index (κ3) is 6.56. The second kappa shape index (κ2) is 11.1. The van der Waals surface area contributed by atoms with Crippen LogP contribution in [0.4, 0.5) is 0 Å².